The molecule has 4 unspecified atom stereocenters. The summed E-state index contributed by atoms with van der Waals surface area (Å²) in [5, 5.41) is 20.5. The van der Waals surface area contributed by atoms with Crippen LogP contribution in [0.4, 0.5) is 0 Å². The summed E-state index contributed by atoms with van der Waals surface area (Å²) in [4.78, 5) is 49.5. The van der Waals surface area contributed by atoms with Crippen LogP contribution in [-0.4, -0.2) is 59.5 Å². The Labute approximate surface area is 188 Å². The van der Waals surface area contributed by atoms with E-state index in [1.807, 2.05) is 19.9 Å². The highest BCUT2D eigenvalue weighted by Gasteiger charge is 2.30. The monoisotopic (exact) mass is 446 g/mol. The molecule has 0 aliphatic carbocycles. The quantitative estimate of drug-likeness (QED) is 0.337. The summed E-state index contributed by atoms with van der Waals surface area (Å²) in [7, 11) is 0. The number of benzene rings is 1. The number of rotatable bonds is 11. The fraction of sp³-hybridized carbons (Fsp3) is 0.565. The highest BCUT2D eigenvalue weighted by molar-refractivity contribution is 5.94. The number of hydrogen-bond acceptors (Lipinski definition) is 5. The van der Waals surface area contributed by atoms with Gasteiger partial charge in [-0.25, -0.2) is 4.79 Å². The Bertz CT molecular complexity index is 793. The van der Waals surface area contributed by atoms with Crippen molar-refractivity contribution in [2.45, 2.75) is 70.6 Å². The molecule has 0 radical (unpaired) electrons. The molecule has 0 bridgehead atoms. The predicted octanol–water partition coefficient (Wildman–Crippen LogP) is 0.586. The number of amides is 3. The molecule has 0 aromatic heterocycles. The molecule has 1 fully saturated rings. The van der Waals surface area contributed by atoms with E-state index in [1.165, 1.54) is 0 Å². The summed E-state index contributed by atoms with van der Waals surface area (Å²) in [6.45, 7) is 6.13. The molecule has 1 aliphatic heterocycles. The van der Waals surface area contributed by atoms with Gasteiger partial charge in [-0.05, 0) is 44.2 Å². The van der Waals surface area contributed by atoms with Crippen LogP contribution < -0.4 is 21.3 Å². The lowest BCUT2D eigenvalue weighted by Crippen LogP contribution is -2.56. The molecule has 4 atom stereocenters. The molecular formula is C23H34N4O5. The van der Waals surface area contributed by atoms with Crippen molar-refractivity contribution in [3.63, 3.8) is 0 Å². The van der Waals surface area contributed by atoms with E-state index in [4.69, 9.17) is 0 Å². The van der Waals surface area contributed by atoms with Gasteiger partial charge < -0.3 is 26.4 Å². The summed E-state index contributed by atoms with van der Waals surface area (Å²) in [5.74, 6) is -2.38. The molecule has 3 amide bonds. The smallest absolute Gasteiger partial charge is 0.326 e. The average molecular weight is 447 g/mol. The molecule has 2 rings (SSSR count). The fourth-order valence-corrected chi connectivity index (χ4v) is 3.61. The Morgan fingerprint density at radius 3 is 2.22 bits per heavy atom. The second-order valence-electron chi connectivity index (χ2n) is 8.66. The van der Waals surface area contributed by atoms with Crippen molar-refractivity contribution in [2.24, 2.45) is 5.92 Å². The van der Waals surface area contributed by atoms with Crippen LogP contribution in [0.25, 0.3) is 0 Å². The third-order valence-electron chi connectivity index (χ3n) is 5.37. The molecule has 1 saturated heterocycles. The Morgan fingerprint density at radius 1 is 1.00 bits per heavy atom. The van der Waals surface area contributed by atoms with Crippen LogP contribution in [0.5, 0.6) is 0 Å². The molecule has 9 nitrogen and oxygen atoms in total. The van der Waals surface area contributed by atoms with E-state index in [9.17, 15) is 24.3 Å². The zero-order chi connectivity index (χ0) is 23.7. The third kappa shape index (κ3) is 7.96. The molecular weight excluding hydrogens is 412 g/mol. The van der Waals surface area contributed by atoms with Gasteiger partial charge in [0.1, 0.15) is 18.1 Å². The SMILES string of the molecule is CC(C)CC(NC(=O)C(C)NC(=O)C1CCCN1)C(=O)NC(Cc1ccccc1)C(=O)O. The van der Waals surface area contributed by atoms with Crippen molar-refractivity contribution in [3.05, 3.63) is 35.9 Å². The molecule has 0 spiro atoms. The molecule has 5 N–H and O–H groups in total. The Balaban J connectivity index is 2.00. The van der Waals surface area contributed by atoms with Crippen molar-refractivity contribution in [1.82, 2.24) is 21.3 Å². The highest BCUT2D eigenvalue weighted by Crippen LogP contribution is 2.09. The zero-order valence-corrected chi connectivity index (χ0v) is 18.9. The first-order chi connectivity index (χ1) is 15.2. The Kier molecular flexibility index (Phi) is 9.64. The predicted molar refractivity (Wildman–Crippen MR) is 120 cm³/mol. The number of hydrogen-bond donors (Lipinski definition) is 5. The van der Waals surface area contributed by atoms with E-state index in [2.05, 4.69) is 21.3 Å². The van der Waals surface area contributed by atoms with Crippen molar-refractivity contribution >= 4 is 23.7 Å². The zero-order valence-electron chi connectivity index (χ0n) is 18.9. The van der Waals surface area contributed by atoms with E-state index in [0.29, 0.717) is 6.42 Å². The molecule has 1 heterocycles. The van der Waals surface area contributed by atoms with Gasteiger partial charge in [-0.3, -0.25) is 14.4 Å². The van der Waals surface area contributed by atoms with Gasteiger partial charge in [-0.1, -0.05) is 44.2 Å². The minimum absolute atomic E-state index is 0.0797. The standard InChI is InChI=1S/C23H34N4O5/c1-14(2)12-18(26-20(28)15(3)25-21(29)17-10-7-11-24-17)22(30)27-19(23(31)32)13-16-8-5-4-6-9-16/h4-6,8-9,14-15,17-19,24H,7,10-13H2,1-3H3,(H,25,29)(H,26,28)(H,27,30)(H,31,32). The molecule has 176 valence electrons. The maximum absolute atomic E-state index is 12.9. The van der Waals surface area contributed by atoms with E-state index in [1.54, 1.807) is 31.2 Å². The molecule has 32 heavy (non-hydrogen) atoms. The van der Waals surface area contributed by atoms with Gasteiger partial charge in [0, 0.05) is 6.42 Å². The Hall–Kier alpha value is -2.94. The maximum atomic E-state index is 12.9. The van der Waals surface area contributed by atoms with Gasteiger partial charge in [-0.15, -0.1) is 0 Å². The largest absolute Gasteiger partial charge is 0.480 e. The van der Waals surface area contributed by atoms with Crippen LogP contribution in [0, 0.1) is 5.92 Å². The van der Waals surface area contributed by atoms with Crippen molar-refractivity contribution in [1.29, 1.82) is 0 Å². The van der Waals surface area contributed by atoms with Gasteiger partial charge in [0.15, 0.2) is 0 Å². The van der Waals surface area contributed by atoms with Crippen molar-refractivity contribution in [2.75, 3.05) is 6.54 Å². The lowest BCUT2D eigenvalue weighted by atomic mass is 10.0. The highest BCUT2D eigenvalue weighted by atomic mass is 16.4. The number of carboxylic acid groups (broad SMARTS) is 1. The summed E-state index contributed by atoms with van der Waals surface area (Å²) in [5.41, 5.74) is 0.779. The molecule has 1 aliphatic rings. The third-order valence-corrected chi connectivity index (χ3v) is 5.37. The second-order valence-corrected chi connectivity index (χ2v) is 8.66. The van der Waals surface area contributed by atoms with E-state index >= 15 is 0 Å². The fourth-order valence-electron chi connectivity index (χ4n) is 3.61. The molecule has 9 heteroatoms. The van der Waals surface area contributed by atoms with Crippen LogP contribution >= 0.6 is 0 Å². The molecule has 1 aromatic carbocycles. The molecule has 0 saturated carbocycles. The van der Waals surface area contributed by atoms with Crippen molar-refractivity contribution in [3.8, 4) is 0 Å². The van der Waals surface area contributed by atoms with Crippen molar-refractivity contribution < 1.29 is 24.3 Å². The number of carbonyl (C=O) groups excluding carboxylic acids is 3. The first-order valence-electron chi connectivity index (χ1n) is 11.1. The van der Waals surface area contributed by atoms with Crippen LogP contribution in [0.2, 0.25) is 0 Å². The first kappa shape index (κ1) is 25.3. The van der Waals surface area contributed by atoms with Gasteiger partial charge in [0.25, 0.3) is 0 Å². The molecule has 1 aromatic rings. The van der Waals surface area contributed by atoms with E-state index in [0.717, 1.165) is 24.9 Å². The summed E-state index contributed by atoms with van der Waals surface area (Å²) in [6, 6.07) is 5.84. The Morgan fingerprint density at radius 2 is 1.66 bits per heavy atom. The summed E-state index contributed by atoms with van der Waals surface area (Å²) >= 11 is 0. The van der Waals surface area contributed by atoms with E-state index in [-0.39, 0.29) is 24.3 Å². The van der Waals surface area contributed by atoms with Gasteiger partial charge >= 0.3 is 5.97 Å². The number of nitrogens with one attached hydrogen (secondary N) is 4. The second kappa shape index (κ2) is 12.2. The van der Waals surface area contributed by atoms with E-state index < -0.39 is 35.9 Å². The number of carboxylic acids is 1. The van der Waals surface area contributed by atoms with Gasteiger partial charge in [-0.2, -0.15) is 0 Å². The lowest BCUT2D eigenvalue weighted by Gasteiger charge is -2.25. The van der Waals surface area contributed by atoms with Crippen LogP contribution in [-0.2, 0) is 25.6 Å². The van der Waals surface area contributed by atoms with Gasteiger partial charge in [0.05, 0.1) is 6.04 Å². The van der Waals surface area contributed by atoms with Crippen LogP contribution in [0.1, 0.15) is 45.6 Å². The van der Waals surface area contributed by atoms with Crippen LogP contribution in [0.3, 0.4) is 0 Å². The van der Waals surface area contributed by atoms with Crippen LogP contribution in [0.15, 0.2) is 30.3 Å². The normalized spacial score (nSPS) is 18.4. The van der Waals surface area contributed by atoms with Gasteiger partial charge in [0.2, 0.25) is 17.7 Å². The average Bonchev–Trinajstić information content (AvgIpc) is 3.28. The summed E-state index contributed by atoms with van der Waals surface area (Å²) < 4.78 is 0. The lowest BCUT2D eigenvalue weighted by molar-refractivity contribution is -0.142. The number of carbonyl (C=O) groups is 4. The minimum Gasteiger partial charge on any atom is -0.480 e. The topological polar surface area (TPSA) is 137 Å². The maximum Gasteiger partial charge on any atom is 0.326 e. The number of aliphatic carboxylic acids is 1. The minimum atomic E-state index is -1.15. The summed E-state index contributed by atoms with van der Waals surface area (Å²) in [6.07, 6.45) is 2.09. The first-order valence-corrected chi connectivity index (χ1v) is 11.1.